The van der Waals surface area contributed by atoms with Crippen molar-refractivity contribution in [3.8, 4) is 10.7 Å². The largest absolute Gasteiger partial charge is 0.309 e. The molecule has 0 spiro atoms. The van der Waals surface area contributed by atoms with E-state index in [0.717, 1.165) is 28.5 Å². The van der Waals surface area contributed by atoms with Crippen LogP contribution in [0.5, 0.6) is 0 Å². The Morgan fingerprint density at radius 1 is 1.35 bits per heavy atom. The molecule has 17 heavy (non-hydrogen) atoms. The molecule has 2 aromatic rings. The van der Waals surface area contributed by atoms with Gasteiger partial charge in [0.2, 0.25) is 0 Å². The summed E-state index contributed by atoms with van der Waals surface area (Å²) in [6.07, 6.45) is 3.67. The van der Waals surface area contributed by atoms with Gasteiger partial charge in [0, 0.05) is 25.0 Å². The zero-order valence-corrected chi connectivity index (χ0v) is 11.1. The molecular formula is C12H16N4S. The van der Waals surface area contributed by atoms with Crippen LogP contribution in [0.4, 0.5) is 0 Å². The van der Waals surface area contributed by atoms with Gasteiger partial charge in [0.25, 0.3) is 0 Å². The molecule has 2 heterocycles. The summed E-state index contributed by atoms with van der Waals surface area (Å²) in [5, 5.41) is 3.37. The smallest absolute Gasteiger partial charge is 0.171 e. The number of aryl methyl sites for hydroxylation is 1. The highest BCUT2D eigenvalue weighted by Gasteiger charge is 2.07. The molecule has 0 bridgehead atoms. The molecule has 90 valence electrons. The minimum Gasteiger partial charge on any atom is -0.309 e. The molecule has 2 aromatic heterocycles. The average Bonchev–Trinajstić information content (AvgIpc) is 2.81. The van der Waals surface area contributed by atoms with Crippen molar-refractivity contribution in [3.63, 3.8) is 0 Å². The molecule has 5 heteroatoms. The van der Waals surface area contributed by atoms with Crippen molar-refractivity contribution in [2.45, 2.75) is 33.4 Å². The van der Waals surface area contributed by atoms with E-state index in [0.29, 0.717) is 6.04 Å². The quantitative estimate of drug-likeness (QED) is 0.902. The number of rotatable bonds is 4. The lowest BCUT2D eigenvalue weighted by molar-refractivity contribution is 0.579. The maximum absolute atomic E-state index is 4.58. The molecule has 2 rings (SSSR count). The molecular weight excluding hydrogens is 232 g/mol. The van der Waals surface area contributed by atoms with Crippen LogP contribution >= 0.6 is 11.3 Å². The molecule has 0 saturated carbocycles. The molecule has 0 atom stereocenters. The monoisotopic (exact) mass is 248 g/mol. The Morgan fingerprint density at radius 2 is 2.18 bits per heavy atom. The highest BCUT2D eigenvalue weighted by atomic mass is 32.1. The van der Waals surface area contributed by atoms with Crippen molar-refractivity contribution in [2.24, 2.45) is 0 Å². The predicted octanol–water partition coefficient (Wildman–Crippen LogP) is 2.41. The Hall–Kier alpha value is -1.33. The molecule has 0 aliphatic heterocycles. The first-order valence-corrected chi connectivity index (χ1v) is 6.49. The SMILES string of the molecule is Cc1cnc(-c2cncs2)nc1CNC(C)C. The summed E-state index contributed by atoms with van der Waals surface area (Å²) in [5.74, 6) is 0.763. The van der Waals surface area contributed by atoms with E-state index in [2.05, 4.69) is 34.1 Å². The Morgan fingerprint density at radius 3 is 2.82 bits per heavy atom. The van der Waals surface area contributed by atoms with Crippen LogP contribution in [0.2, 0.25) is 0 Å². The molecule has 0 aliphatic carbocycles. The second kappa shape index (κ2) is 5.33. The minimum absolute atomic E-state index is 0.455. The molecule has 0 radical (unpaired) electrons. The molecule has 1 N–H and O–H groups in total. The minimum atomic E-state index is 0.455. The van der Waals surface area contributed by atoms with Crippen LogP contribution in [0.1, 0.15) is 25.1 Å². The standard InChI is InChI=1S/C12H16N4S/c1-8(2)14-5-10-9(3)4-15-12(16-10)11-6-13-7-17-11/h4,6-8,14H,5H2,1-3H3. The van der Waals surface area contributed by atoms with Gasteiger partial charge in [-0.25, -0.2) is 9.97 Å². The number of thiazole rings is 1. The molecule has 0 fully saturated rings. The van der Waals surface area contributed by atoms with Gasteiger partial charge in [-0.15, -0.1) is 11.3 Å². The van der Waals surface area contributed by atoms with Crippen molar-refractivity contribution in [3.05, 3.63) is 29.2 Å². The Kier molecular flexibility index (Phi) is 3.81. The molecule has 0 aliphatic rings. The van der Waals surface area contributed by atoms with E-state index in [9.17, 15) is 0 Å². The van der Waals surface area contributed by atoms with E-state index in [-0.39, 0.29) is 0 Å². The number of aromatic nitrogens is 3. The molecule has 0 saturated heterocycles. The van der Waals surface area contributed by atoms with Gasteiger partial charge < -0.3 is 5.32 Å². The Bertz CT molecular complexity index is 479. The summed E-state index contributed by atoms with van der Waals surface area (Å²) in [4.78, 5) is 14.0. The zero-order chi connectivity index (χ0) is 12.3. The van der Waals surface area contributed by atoms with E-state index in [1.165, 1.54) is 0 Å². The third kappa shape index (κ3) is 3.08. The zero-order valence-electron chi connectivity index (χ0n) is 10.3. The van der Waals surface area contributed by atoms with Gasteiger partial charge in [0.05, 0.1) is 16.1 Å². The highest BCUT2D eigenvalue weighted by molar-refractivity contribution is 7.13. The first kappa shape index (κ1) is 12.1. The van der Waals surface area contributed by atoms with Gasteiger partial charge in [0.15, 0.2) is 5.82 Å². The Balaban J connectivity index is 2.23. The molecule has 0 aromatic carbocycles. The van der Waals surface area contributed by atoms with Gasteiger partial charge in [-0.05, 0) is 12.5 Å². The van der Waals surface area contributed by atoms with Crippen molar-refractivity contribution >= 4 is 11.3 Å². The summed E-state index contributed by atoms with van der Waals surface area (Å²) in [6.45, 7) is 7.06. The maximum atomic E-state index is 4.58. The lowest BCUT2D eigenvalue weighted by Crippen LogP contribution is -2.23. The number of nitrogens with one attached hydrogen (secondary N) is 1. The third-order valence-corrected chi connectivity index (χ3v) is 3.18. The Labute approximate surface area is 105 Å². The van der Waals surface area contributed by atoms with Gasteiger partial charge in [-0.2, -0.15) is 0 Å². The fraction of sp³-hybridized carbons (Fsp3) is 0.417. The first-order valence-electron chi connectivity index (χ1n) is 5.61. The summed E-state index contributed by atoms with van der Waals surface area (Å²) >= 11 is 1.56. The second-order valence-electron chi connectivity index (χ2n) is 4.22. The van der Waals surface area contributed by atoms with Crippen molar-refractivity contribution in [1.29, 1.82) is 0 Å². The van der Waals surface area contributed by atoms with Crippen molar-refractivity contribution < 1.29 is 0 Å². The van der Waals surface area contributed by atoms with Crippen LogP contribution in [-0.4, -0.2) is 21.0 Å². The number of hydrogen-bond acceptors (Lipinski definition) is 5. The van der Waals surface area contributed by atoms with Crippen molar-refractivity contribution in [2.75, 3.05) is 0 Å². The van der Waals surface area contributed by atoms with Gasteiger partial charge in [-0.1, -0.05) is 13.8 Å². The average molecular weight is 248 g/mol. The van der Waals surface area contributed by atoms with Crippen LogP contribution in [-0.2, 0) is 6.54 Å². The summed E-state index contributed by atoms with van der Waals surface area (Å²) < 4.78 is 0. The first-order chi connectivity index (χ1) is 8.16. The number of nitrogens with zero attached hydrogens (tertiary/aromatic N) is 3. The van der Waals surface area contributed by atoms with Crippen LogP contribution in [0.15, 0.2) is 17.9 Å². The van der Waals surface area contributed by atoms with Crippen LogP contribution < -0.4 is 5.32 Å². The second-order valence-corrected chi connectivity index (χ2v) is 5.11. The highest BCUT2D eigenvalue weighted by Crippen LogP contribution is 2.19. The van der Waals surface area contributed by atoms with Gasteiger partial charge in [0.1, 0.15) is 0 Å². The van der Waals surface area contributed by atoms with Crippen LogP contribution in [0, 0.1) is 6.92 Å². The fourth-order valence-corrected chi connectivity index (χ4v) is 1.96. The van der Waals surface area contributed by atoms with Crippen molar-refractivity contribution in [1.82, 2.24) is 20.3 Å². The maximum Gasteiger partial charge on any atom is 0.171 e. The lowest BCUT2D eigenvalue weighted by atomic mass is 10.2. The molecule has 0 amide bonds. The van der Waals surface area contributed by atoms with E-state index in [1.54, 1.807) is 23.0 Å². The van der Waals surface area contributed by atoms with E-state index >= 15 is 0 Å². The molecule has 0 unspecified atom stereocenters. The lowest BCUT2D eigenvalue weighted by Gasteiger charge is -2.10. The van der Waals surface area contributed by atoms with Crippen LogP contribution in [0.3, 0.4) is 0 Å². The summed E-state index contributed by atoms with van der Waals surface area (Å²) in [6, 6.07) is 0.455. The summed E-state index contributed by atoms with van der Waals surface area (Å²) in [5.41, 5.74) is 3.97. The van der Waals surface area contributed by atoms with E-state index in [4.69, 9.17) is 0 Å². The molecule has 4 nitrogen and oxygen atoms in total. The van der Waals surface area contributed by atoms with Gasteiger partial charge in [-0.3, -0.25) is 4.98 Å². The third-order valence-electron chi connectivity index (χ3n) is 2.41. The normalized spacial score (nSPS) is 11.1. The topological polar surface area (TPSA) is 50.7 Å². The number of hydrogen-bond donors (Lipinski definition) is 1. The van der Waals surface area contributed by atoms with E-state index < -0.39 is 0 Å². The fourth-order valence-electron chi connectivity index (χ4n) is 1.40. The summed E-state index contributed by atoms with van der Waals surface area (Å²) in [7, 11) is 0. The van der Waals surface area contributed by atoms with Gasteiger partial charge >= 0.3 is 0 Å². The van der Waals surface area contributed by atoms with E-state index in [1.807, 2.05) is 13.1 Å². The predicted molar refractivity (Wildman–Crippen MR) is 69.9 cm³/mol. The van der Waals surface area contributed by atoms with Crippen LogP contribution in [0.25, 0.3) is 10.7 Å².